The first-order chi connectivity index (χ1) is 15.0. The summed E-state index contributed by atoms with van der Waals surface area (Å²) in [6, 6.07) is 14.0. The predicted molar refractivity (Wildman–Crippen MR) is 122 cm³/mol. The summed E-state index contributed by atoms with van der Waals surface area (Å²) >= 11 is 0. The van der Waals surface area contributed by atoms with Gasteiger partial charge in [0.15, 0.2) is 0 Å². The highest BCUT2D eigenvalue weighted by Crippen LogP contribution is 2.19. The van der Waals surface area contributed by atoms with E-state index in [0.29, 0.717) is 35.0 Å². The van der Waals surface area contributed by atoms with E-state index in [1.54, 1.807) is 48.5 Å². The summed E-state index contributed by atoms with van der Waals surface area (Å²) in [6.07, 6.45) is 2.08. The number of piperidine rings is 1. The third-order valence-electron chi connectivity index (χ3n) is 5.40. The fourth-order valence-corrected chi connectivity index (χ4v) is 3.51. The van der Waals surface area contributed by atoms with Crippen LogP contribution in [0.1, 0.15) is 47.4 Å². The molecule has 0 atom stereocenters. The topological polar surface area (TPSA) is 90.5 Å². The Hall–Kier alpha value is -3.35. The van der Waals surface area contributed by atoms with Crippen molar-refractivity contribution in [2.24, 2.45) is 5.92 Å². The van der Waals surface area contributed by atoms with E-state index in [4.69, 9.17) is 0 Å². The number of rotatable bonds is 7. The second kappa shape index (κ2) is 10.6. The van der Waals surface area contributed by atoms with E-state index in [0.717, 1.165) is 25.9 Å². The second-order valence-electron chi connectivity index (χ2n) is 7.89. The van der Waals surface area contributed by atoms with Crippen LogP contribution in [0.25, 0.3) is 0 Å². The lowest BCUT2D eigenvalue weighted by molar-refractivity contribution is -0.114. The van der Waals surface area contributed by atoms with Gasteiger partial charge < -0.3 is 20.9 Å². The minimum atomic E-state index is -0.215. The van der Waals surface area contributed by atoms with Crippen molar-refractivity contribution >= 4 is 29.1 Å². The molecule has 0 spiro atoms. The van der Waals surface area contributed by atoms with Gasteiger partial charge in [-0.15, -0.1) is 0 Å². The zero-order chi connectivity index (χ0) is 22.2. The first-order valence-electron chi connectivity index (χ1n) is 10.8. The van der Waals surface area contributed by atoms with Gasteiger partial charge in [0.1, 0.15) is 0 Å². The highest BCUT2D eigenvalue weighted by molar-refractivity contribution is 5.97. The van der Waals surface area contributed by atoms with E-state index < -0.39 is 0 Å². The third-order valence-corrected chi connectivity index (χ3v) is 5.40. The van der Waals surface area contributed by atoms with Gasteiger partial charge in [-0.3, -0.25) is 14.4 Å². The van der Waals surface area contributed by atoms with Crippen LogP contribution in [0.4, 0.5) is 11.4 Å². The molecule has 164 valence electrons. The van der Waals surface area contributed by atoms with Crippen LogP contribution < -0.4 is 16.0 Å². The van der Waals surface area contributed by atoms with Gasteiger partial charge in [0.05, 0.1) is 6.54 Å². The molecule has 0 aromatic heterocycles. The Morgan fingerprint density at radius 3 is 2.35 bits per heavy atom. The molecule has 1 fully saturated rings. The molecule has 0 unspecified atom stereocenters. The molecule has 2 aromatic carbocycles. The van der Waals surface area contributed by atoms with Crippen LogP contribution >= 0.6 is 0 Å². The van der Waals surface area contributed by atoms with Crippen molar-refractivity contribution in [1.29, 1.82) is 0 Å². The van der Waals surface area contributed by atoms with Crippen molar-refractivity contribution in [3.8, 4) is 0 Å². The molecular formula is C24H30N4O3. The van der Waals surface area contributed by atoms with E-state index in [-0.39, 0.29) is 24.3 Å². The van der Waals surface area contributed by atoms with Crippen LogP contribution in [-0.4, -0.2) is 48.8 Å². The van der Waals surface area contributed by atoms with Crippen LogP contribution in [0.5, 0.6) is 0 Å². The minimum Gasteiger partial charge on any atom is -0.376 e. The average molecular weight is 423 g/mol. The monoisotopic (exact) mass is 422 g/mol. The fourth-order valence-electron chi connectivity index (χ4n) is 3.51. The highest BCUT2D eigenvalue weighted by Gasteiger charge is 2.21. The summed E-state index contributed by atoms with van der Waals surface area (Å²) < 4.78 is 0. The number of benzene rings is 2. The Bertz CT molecular complexity index is 919. The van der Waals surface area contributed by atoms with E-state index in [1.165, 1.54) is 0 Å². The SMILES string of the molecule is CCNC(=O)c1cccc(NCC(=O)Nc2ccc(C(=O)N3CCC(C)CC3)cc2)c1. The molecule has 3 N–H and O–H groups in total. The summed E-state index contributed by atoms with van der Waals surface area (Å²) in [5, 5.41) is 8.59. The Kier molecular flexibility index (Phi) is 7.65. The number of likely N-dealkylation sites (tertiary alicyclic amines) is 1. The molecule has 1 saturated heterocycles. The van der Waals surface area contributed by atoms with E-state index in [2.05, 4.69) is 22.9 Å². The van der Waals surface area contributed by atoms with E-state index in [9.17, 15) is 14.4 Å². The summed E-state index contributed by atoms with van der Waals surface area (Å²) in [5.74, 6) is 0.349. The Balaban J connectivity index is 1.50. The molecule has 0 bridgehead atoms. The number of nitrogens with zero attached hydrogens (tertiary/aromatic N) is 1. The zero-order valence-corrected chi connectivity index (χ0v) is 18.1. The molecule has 3 amide bonds. The van der Waals surface area contributed by atoms with Crippen molar-refractivity contribution in [2.45, 2.75) is 26.7 Å². The van der Waals surface area contributed by atoms with Crippen LogP contribution in [0, 0.1) is 5.92 Å². The summed E-state index contributed by atoms with van der Waals surface area (Å²) in [6.45, 7) is 6.29. The largest absolute Gasteiger partial charge is 0.376 e. The molecule has 0 aliphatic carbocycles. The smallest absolute Gasteiger partial charge is 0.253 e. The highest BCUT2D eigenvalue weighted by atomic mass is 16.2. The molecule has 7 nitrogen and oxygen atoms in total. The number of nitrogens with one attached hydrogen (secondary N) is 3. The van der Waals surface area contributed by atoms with Gasteiger partial charge in [-0.2, -0.15) is 0 Å². The van der Waals surface area contributed by atoms with Crippen molar-refractivity contribution in [3.05, 3.63) is 59.7 Å². The number of hydrogen-bond acceptors (Lipinski definition) is 4. The predicted octanol–water partition coefficient (Wildman–Crippen LogP) is 3.36. The lowest BCUT2D eigenvalue weighted by atomic mass is 9.98. The van der Waals surface area contributed by atoms with Crippen LogP contribution in [-0.2, 0) is 4.79 Å². The lowest BCUT2D eigenvalue weighted by Crippen LogP contribution is -2.37. The molecule has 0 saturated carbocycles. The van der Waals surface area contributed by atoms with Gasteiger partial charge in [-0.05, 0) is 68.1 Å². The third kappa shape index (κ3) is 6.31. The molecule has 1 heterocycles. The maximum Gasteiger partial charge on any atom is 0.253 e. The number of amides is 3. The molecule has 0 radical (unpaired) electrons. The van der Waals surface area contributed by atoms with Crippen molar-refractivity contribution in [1.82, 2.24) is 10.2 Å². The van der Waals surface area contributed by atoms with Crippen molar-refractivity contribution in [2.75, 3.05) is 36.8 Å². The summed E-state index contributed by atoms with van der Waals surface area (Å²) in [7, 11) is 0. The molecule has 1 aliphatic heterocycles. The maximum absolute atomic E-state index is 12.6. The van der Waals surface area contributed by atoms with Gasteiger partial charge >= 0.3 is 0 Å². The standard InChI is InChI=1S/C24H30N4O3/c1-3-25-23(30)19-5-4-6-21(15-19)26-16-22(29)27-20-9-7-18(8-10-20)24(31)28-13-11-17(2)12-14-28/h4-10,15,17,26H,3,11-14,16H2,1-2H3,(H,25,30)(H,27,29). The number of carbonyl (C=O) groups excluding carboxylic acids is 3. The first-order valence-corrected chi connectivity index (χ1v) is 10.8. The van der Waals surface area contributed by atoms with E-state index >= 15 is 0 Å². The number of anilines is 2. The fraction of sp³-hybridized carbons (Fsp3) is 0.375. The molecule has 1 aliphatic rings. The lowest BCUT2D eigenvalue weighted by Gasteiger charge is -2.30. The van der Waals surface area contributed by atoms with Crippen LogP contribution in [0.2, 0.25) is 0 Å². The average Bonchev–Trinajstić information content (AvgIpc) is 2.79. The Labute approximate surface area is 183 Å². The molecular weight excluding hydrogens is 392 g/mol. The van der Waals surface area contributed by atoms with Gasteiger partial charge in [-0.1, -0.05) is 13.0 Å². The Morgan fingerprint density at radius 1 is 0.968 bits per heavy atom. The van der Waals surface area contributed by atoms with Crippen LogP contribution in [0.15, 0.2) is 48.5 Å². The number of hydrogen-bond donors (Lipinski definition) is 3. The summed E-state index contributed by atoms with van der Waals surface area (Å²) in [5.41, 5.74) is 2.49. The van der Waals surface area contributed by atoms with Gasteiger partial charge in [0, 0.05) is 42.1 Å². The van der Waals surface area contributed by atoms with E-state index in [1.807, 2.05) is 11.8 Å². The van der Waals surface area contributed by atoms with Crippen molar-refractivity contribution < 1.29 is 14.4 Å². The van der Waals surface area contributed by atoms with Crippen molar-refractivity contribution in [3.63, 3.8) is 0 Å². The van der Waals surface area contributed by atoms with Gasteiger partial charge in [0.25, 0.3) is 11.8 Å². The molecule has 2 aromatic rings. The molecule has 3 rings (SSSR count). The maximum atomic E-state index is 12.6. The molecule has 31 heavy (non-hydrogen) atoms. The van der Waals surface area contributed by atoms with Crippen LogP contribution in [0.3, 0.4) is 0 Å². The number of carbonyl (C=O) groups is 3. The quantitative estimate of drug-likeness (QED) is 0.638. The first kappa shape index (κ1) is 22.3. The molecule has 7 heteroatoms. The second-order valence-corrected chi connectivity index (χ2v) is 7.89. The minimum absolute atomic E-state index is 0.0402. The normalized spacial score (nSPS) is 14.1. The zero-order valence-electron chi connectivity index (χ0n) is 18.1. The Morgan fingerprint density at radius 2 is 1.68 bits per heavy atom. The summed E-state index contributed by atoms with van der Waals surface area (Å²) in [4.78, 5) is 38.7. The van der Waals surface area contributed by atoms with Gasteiger partial charge in [0.2, 0.25) is 5.91 Å². The van der Waals surface area contributed by atoms with Gasteiger partial charge in [-0.25, -0.2) is 0 Å².